The van der Waals surface area contributed by atoms with Crippen LogP contribution >= 0.6 is 0 Å². The van der Waals surface area contributed by atoms with Crippen molar-refractivity contribution in [2.45, 2.75) is 26.9 Å². The summed E-state index contributed by atoms with van der Waals surface area (Å²) in [6.07, 6.45) is 3.09. The Kier molecular flexibility index (Phi) is 4.97. The summed E-state index contributed by atoms with van der Waals surface area (Å²) in [5.41, 5.74) is 1.69. The monoisotopic (exact) mass is 372 g/mol. The highest BCUT2D eigenvalue weighted by Crippen LogP contribution is 2.21. The van der Waals surface area contributed by atoms with E-state index in [-0.39, 0.29) is 29.7 Å². The van der Waals surface area contributed by atoms with E-state index in [1.807, 2.05) is 0 Å². The molecule has 1 amide bonds. The number of nitrogens with one attached hydrogen (secondary N) is 1. The summed E-state index contributed by atoms with van der Waals surface area (Å²) in [5, 5.41) is 21.9. The number of hydrogen-bond acceptors (Lipinski definition) is 5. The molecular weight excluding hydrogens is 355 g/mol. The molecule has 140 valence electrons. The van der Waals surface area contributed by atoms with Gasteiger partial charge in [0.25, 0.3) is 0 Å². The van der Waals surface area contributed by atoms with Gasteiger partial charge in [-0.25, -0.2) is 4.39 Å². The van der Waals surface area contributed by atoms with Crippen LogP contribution in [0.4, 0.5) is 15.8 Å². The maximum atomic E-state index is 13.2. The fourth-order valence-electron chi connectivity index (χ4n) is 2.78. The van der Waals surface area contributed by atoms with E-state index in [1.165, 1.54) is 29.9 Å². The molecular formula is C17H17FN6O3. The van der Waals surface area contributed by atoms with Crippen molar-refractivity contribution in [3.05, 3.63) is 69.5 Å². The summed E-state index contributed by atoms with van der Waals surface area (Å²) in [4.78, 5) is 22.7. The Morgan fingerprint density at radius 1 is 1.37 bits per heavy atom. The van der Waals surface area contributed by atoms with Gasteiger partial charge in [-0.1, -0.05) is 12.1 Å². The largest absolute Gasteiger partial charge is 0.322 e. The summed E-state index contributed by atoms with van der Waals surface area (Å²) in [5.74, 6) is -0.715. The lowest BCUT2D eigenvalue weighted by Gasteiger charge is -2.04. The Morgan fingerprint density at radius 3 is 2.81 bits per heavy atom. The molecule has 2 aromatic heterocycles. The number of anilines is 1. The summed E-state index contributed by atoms with van der Waals surface area (Å²) in [6, 6.07) is 6.17. The second kappa shape index (κ2) is 7.36. The summed E-state index contributed by atoms with van der Waals surface area (Å²) >= 11 is 0. The number of carbonyl (C=O) groups excluding carboxylic acids is 1. The minimum atomic E-state index is -0.511. The number of hydrogen-bond donors (Lipinski definition) is 1. The molecule has 0 saturated carbocycles. The Bertz CT molecular complexity index is 1010. The van der Waals surface area contributed by atoms with E-state index in [0.717, 1.165) is 5.56 Å². The third kappa shape index (κ3) is 4.17. The molecule has 10 heteroatoms. The maximum Gasteiger partial charge on any atom is 0.312 e. The molecule has 0 atom stereocenters. The average molecular weight is 372 g/mol. The van der Waals surface area contributed by atoms with Crippen LogP contribution in [0, 0.1) is 29.8 Å². The molecule has 2 heterocycles. The molecule has 9 nitrogen and oxygen atoms in total. The quantitative estimate of drug-likeness (QED) is 0.528. The van der Waals surface area contributed by atoms with Crippen LogP contribution in [-0.4, -0.2) is 30.4 Å². The van der Waals surface area contributed by atoms with Crippen molar-refractivity contribution in [3.63, 3.8) is 0 Å². The van der Waals surface area contributed by atoms with E-state index in [9.17, 15) is 19.3 Å². The zero-order chi connectivity index (χ0) is 19.6. The Balaban J connectivity index is 1.65. The molecule has 0 spiro atoms. The summed E-state index contributed by atoms with van der Waals surface area (Å²) in [6.45, 7) is 3.27. The van der Waals surface area contributed by atoms with Gasteiger partial charge >= 0.3 is 5.69 Å². The van der Waals surface area contributed by atoms with Gasteiger partial charge < -0.3 is 5.32 Å². The molecule has 3 aromatic rings. The number of carbonyl (C=O) groups is 1. The molecule has 3 rings (SSSR count). The zero-order valence-corrected chi connectivity index (χ0v) is 14.7. The lowest BCUT2D eigenvalue weighted by atomic mass is 10.2. The zero-order valence-electron chi connectivity index (χ0n) is 14.7. The Hall–Kier alpha value is -3.56. The number of amides is 1. The number of benzene rings is 1. The molecule has 0 bridgehead atoms. The average Bonchev–Trinajstić information content (AvgIpc) is 3.11. The van der Waals surface area contributed by atoms with Crippen LogP contribution in [-0.2, 0) is 17.9 Å². The predicted octanol–water partition coefficient (Wildman–Crippen LogP) is 2.43. The topological polar surface area (TPSA) is 108 Å². The number of nitrogens with zero attached hydrogens (tertiary/aromatic N) is 5. The normalized spacial score (nSPS) is 10.8. The van der Waals surface area contributed by atoms with Crippen molar-refractivity contribution in [1.29, 1.82) is 0 Å². The van der Waals surface area contributed by atoms with Gasteiger partial charge in [-0.2, -0.15) is 10.2 Å². The van der Waals surface area contributed by atoms with Gasteiger partial charge in [0.15, 0.2) is 0 Å². The number of aryl methyl sites for hydroxylation is 1. The molecule has 0 unspecified atom stereocenters. The molecule has 0 aliphatic heterocycles. The molecule has 0 aliphatic carbocycles. The lowest BCUT2D eigenvalue weighted by Crippen LogP contribution is -2.20. The minimum absolute atomic E-state index is 0.0919. The van der Waals surface area contributed by atoms with Crippen molar-refractivity contribution >= 4 is 17.3 Å². The van der Waals surface area contributed by atoms with Crippen molar-refractivity contribution in [2.75, 3.05) is 5.32 Å². The third-order valence-corrected chi connectivity index (χ3v) is 3.97. The molecule has 27 heavy (non-hydrogen) atoms. The van der Waals surface area contributed by atoms with E-state index in [0.29, 0.717) is 17.9 Å². The van der Waals surface area contributed by atoms with E-state index >= 15 is 0 Å². The summed E-state index contributed by atoms with van der Waals surface area (Å²) < 4.78 is 16.1. The van der Waals surface area contributed by atoms with Gasteiger partial charge in [0.1, 0.15) is 23.7 Å². The van der Waals surface area contributed by atoms with Gasteiger partial charge in [-0.3, -0.25) is 24.3 Å². The first-order valence-corrected chi connectivity index (χ1v) is 8.08. The van der Waals surface area contributed by atoms with Crippen LogP contribution in [0.5, 0.6) is 0 Å². The first-order chi connectivity index (χ1) is 12.8. The second-order valence-corrected chi connectivity index (χ2v) is 6.04. The number of rotatable bonds is 6. The van der Waals surface area contributed by atoms with Gasteiger partial charge in [0.05, 0.1) is 23.4 Å². The fraction of sp³-hybridized carbons (Fsp3) is 0.235. The highest BCUT2D eigenvalue weighted by atomic mass is 19.1. The molecule has 0 radical (unpaired) electrons. The van der Waals surface area contributed by atoms with Crippen LogP contribution in [0.15, 0.2) is 36.7 Å². The molecule has 0 aliphatic rings. The van der Waals surface area contributed by atoms with Gasteiger partial charge in [0, 0.05) is 6.20 Å². The van der Waals surface area contributed by atoms with Crippen LogP contribution < -0.4 is 5.32 Å². The Labute approximate surface area is 153 Å². The van der Waals surface area contributed by atoms with Gasteiger partial charge in [0.2, 0.25) is 5.91 Å². The van der Waals surface area contributed by atoms with E-state index in [4.69, 9.17) is 0 Å². The SMILES string of the molecule is Cc1nn(CC(=O)Nc2cnn(Cc3cccc(F)c3)c2)c(C)c1[N+](=O)[O-]. The van der Waals surface area contributed by atoms with Gasteiger partial charge in [-0.15, -0.1) is 0 Å². The number of nitro groups is 1. The first kappa shape index (κ1) is 18.2. The predicted molar refractivity (Wildman–Crippen MR) is 94.7 cm³/mol. The van der Waals surface area contributed by atoms with Crippen molar-refractivity contribution < 1.29 is 14.1 Å². The first-order valence-electron chi connectivity index (χ1n) is 8.08. The summed E-state index contributed by atoms with van der Waals surface area (Å²) in [7, 11) is 0. The maximum absolute atomic E-state index is 13.2. The molecule has 1 N–H and O–H groups in total. The van der Waals surface area contributed by atoms with Gasteiger partial charge in [-0.05, 0) is 31.5 Å². The minimum Gasteiger partial charge on any atom is -0.322 e. The molecule has 1 aromatic carbocycles. The highest BCUT2D eigenvalue weighted by molar-refractivity contribution is 5.90. The van der Waals surface area contributed by atoms with Crippen molar-refractivity contribution in [3.8, 4) is 0 Å². The number of aromatic nitrogens is 4. The van der Waals surface area contributed by atoms with E-state index < -0.39 is 4.92 Å². The standard InChI is InChI=1S/C17H17FN6O3/c1-11-17(24(26)27)12(2)23(21-11)10-16(25)20-15-7-19-22(9-15)8-13-4-3-5-14(18)6-13/h3-7,9H,8,10H2,1-2H3,(H,20,25). The molecule has 0 saturated heterocycles. The van der Waals surface area contributed by atoms with Crippen LogP contribution in [0.1, 0.15) is 17.0 Å². The van der Waals surface area contributed by atoms with Crippen LogP contribution in [0.2, 0.25) is 0 Å². The smallest absolute Gasteiger partial charge is 0.312 e. The van der Waals surface area contributed by atoms with Crippen molar-refractivity contribution in [2.24, 2.45) is 0 Å². The highest BCUT2D eigenvalue weighted by Gasteiger charge is 2.22. The van der Waals surface area contributed by atoms with Crippen LogP contribution in [0.25, 0.3) is 0 Å². The Morgan fingerprint density at radius 2 is 2.15 bits per heavy atom. The molecule has 0 fully saturated rings. The fourth-order valence-corrected chi connectivity index (χ4v) is 2.78. The second-order valence-electron chi connectivity index (χ2n) is 6.04. The van der Waals surface area contributed by atoms with E-state index in [1.54, 1.807) is 29.9 Å². The number of halogens is 1. The van der Waals surface area contributed by atoms with E-state index in [2.05, 4.69) is 15.5 Å². The van der Waals surface area contributed by atoms with Crippen LogP contribution in [0.3, 0.4) is 0 Å². The lowest BCUT2D eigenvalue weighted by molar-refractivity contribution is -0.386. The van der Waals surface area contributed by atoms with Crippen molar-refractivity contribution in [1.82, 2.24) is 19.6 Å². The third-order valence-electron chi connectivity index (χ3n) is 3.97.